The summed E-state index contributed by atoms with van der Waals surface area (Å²) in [7, 11) is 1.83. The molecule has 1 atom stereocenters. The Morgan fingerprint density at radius 1 is 1.23 bits per heavy atom. The van der Waals surface area contributed by atoms with Crippen molar-refractivity contribution in [3.63, 3.8) is 0 Å². The van der Waals surface area contributed by atoms with Crippen LogP contribution in [-0.4, -0.2) is 66.1 Å². The Hall–Kier alpha value is -2.22. The number of ether oxygens (including phenoxy) is 1. The lowest BCUT2D eigenvalue weighted by Crippen LogP contribution is -2.44. The predicted octanol–water partition coefficient (Wildman–Crippen LogP) is 2.30. The molecule has 0 bridgehead atoms. The summed E-state index contributed by atoms with van der Waals surface area (Å²) in [5, 5.41) is 9.30. The van der Waals surface area contributed by atoms with Crippen LogP contribution in [0, 0.1) is 5.41 Å². The molecule has 1 spiro atoms. The molecule has 0 saturated carbocycles. The highest BCUT2D eigenvalue weighted by atomic mass is 19.3. The highest BCUT2D eigenvalue weighted by Crippen LogP contribution is 2.43. The molecular weight excluding hydrogens is 346 g/mol. The van der Waals surface area contributed by atoms with Crippen LogP contribution in [0.3, 0.4) is 0 Å². The van der Waals surface area contributed by atoms with Gasteiger partial charge in [-0.25, -0.2) is 0 Å². The maximum atomic E-state index is 12.6. The van der Waals surface area contributed by atoms with E-state index in [0.717, 1.165) is 19.4 Å². The van der Waals surface area contributed by atoms with E-state index < -0.39 is 18.6 Å². The van der Waals surface area contributed by atoms with Gasteiger partial charge in [0.15, 0.2) is 0 Å². The van der Waals surface area contributed by atoms with E-state index >= 15 is 0 Å². The number of rotatable bonds is 4. The smallest absolute Gasteiger partial charge is 0.387 e. The number of alkyl halides is 2. The topological polar surface area (TPSA) is 70.1 Å². The molecule has 3 rings (SSSR count). The average Bonchev–Trinajstić information content (AvgIpc) is 2.91. The van der Waals surface area contributed by atoms with Gasteiger partial charge < -0.3 is 14.7 Å². The molecule has 142 valence electrons. The number of piperidine rings is 1. The first-order valence-corrected chi connectivity index (χ1v) is 8.57. The van der Waals surface area contributed by atoms with E-state index in [1.54, 1.807) is 4.90 Å². The minimum absolute atomic E-state index is 0.0165. The van der Waals surface area contributed by atoms with E-state index in [-0.39, 0.29) is 17.1 Å². The standard InChI is InChI=1S/C18H22F2N2O4/c1-21-11-18(10-14(21)16(24)25)6-8-22(9-7-18)15(23)12-2-4-13(5-3-12)26-17(19)20/h2-5,14,17H,6-11H2,1H3,(H,24,25)/t14-/m0/s1. The van der Waals surface area contributed by atoms with Crippen molar-refractivity contribution < 1.29 is 28.2 Å². The van der Waals surface area contributed by atoms with Gasteiger partial charge in [0.1, 0.15) is 11.8 Å². The fourth-order valence-electron chi connectivity index (χ4n) is 4.05. The van der Waals surface area contributed by atoms with Gasteiger partial charge in [0.25, 0.3) is 5.91 Å². The Balaban J connectivity index is 1.59. The van der Waals surface area contributed by atoms with E-state index in [0.29, 0.717) is 25.1 Å². The van der Waals surface area contributed by atoms with Crippen molar-refractivity contribution in [3.8, 4) is 5.75 Å². The molecule has 0 aromatic heterocycles. The average molecular weight is 368 g/mol. The summed E-state index contributed by atoms with van der Waals surface area (Å²) >= 11 is 0. The zero-order chi connectivity index (χ0) is 18.9. The lowest BCUT2D eigenvalue weighted by Gasteiger charge is -2.39. The summed E-state index contributed by atoms with van der Waals surface area (Å²) in [5.74, 6) is -0.929. The number of carboxylic acids is 1. The number of hydrogen-bond donors (Lipinski definition) is 1. The second-order valence-electron chi connectivity index (χ2n) is 7.17. The Bertz CT molecular complexity index is 672. The Kier molecular flexibility index (Phi) is 5.13. The molecule has 1 amide bonds. The van der Waals surface area contributed by atoms with Crippen LogP contribution < -0.4 is 4.74 Å². The third kappa shape index (κ3) is 3.80. The van der Waals surface area contributed by atoms with E-state index in [1.165, 1.54) is 24.3 Å². The lowest BCUT2D eigenvalue weighted by molar-refractivity contribution is -0.141. The molecule has 6 nitrogen and oxygen atoms in total. The van der Waals surface area contributed by atoms with Crippen molar-refractivity contribution in [3.05, 3.63) is 29.8 Å². The Morgan fingerprint density at radius 2 is 1.85 bits per heavy atom. The van der Waals surface area contributed by atoms with Crippen molar-refractivity contribution in [1.29, 1.82) is 0 Å². The SMILES string of the molecule is CN1CC2(CCN(C(=O)c3ccc(OC(F)F)cc3)CC2)C[C@H]1C(=O)O. The molecule has 1 N–H and O–H groups in total. The molecule has 2 heterocycles. The first-order valence-electron chi connectivity index (χ1n) is 8.57. The zero-order valence-electron chi connectivity index (χ0n) is 14.5. The fourth-order valence-corrected chi connectivity index (χ4v) is 4.05. The second kappa shape index (κ2) is 7.19. The number of carboxylic acid groups (broad SMARTS) is 1. The van der Waals surface area contributed by atoms with Crippen LogP contribution in [0.25, 0.3) is 0 Å². The first-order chi connectivity index (χ1) is 12.3. The molecule has 0 radical (unpaired) electrons. The summed E-state index contributed by atoms with van der Waals surface area (Å²) in [6.07, 6.45) is 2.14. The molecule has 1 aromatic carbocycles. The first kappa shape index (κ1) is 18.6. The largest absolute Gasteiger partial charge is 0.480 e. The number of nitrogens with zero attached hydrogens (tertiary/aromatic N) is 2. The minimum Gasteiger partial charge on any atom is -0.480 e. The van der Waals surface area contributed by atoms with Crippen molar-refractivity contribution in [1.82, 2.24) is 9.80 Å². The highest BCUT2D eigenvalue weighted by Gasteiger charge is 2.47. The van der Waals surface area contributed by atoms with Gasteiger partial charge in [-0.05, 0) is 56.0 Å². The van der Waals surface area contributed by atoms with Gasteiger partial charge >= 0.3 is 12.6 Å². The van der Waals surface area contributed by atoms with Crippen LogP contribution in [0.1, 0.15) is 29.6 Å². The molecular formula is C18H22F2N2O4. The van der Waals surface area contributed by atoms with Gasteiger partial charge in [0, 0.05) is 25.2 Å². The molecule has 0 unspecified atom stereocenters. The highest BCUT2D eigenvalue weighted by molar-refractivity contribution is 5.94. The summed E-state index contributed by atoms with van der Waals surface area (Å²) in [6, 6.07) is 5.21. The quantitative estimate of drug-likeness (QED) is 0.883. The molecule has 1 aromatic rings. The van der Waals surface area contributed by atoms with Gasteiger partial charge in [-0.3, -0.25) is 14.5 Å². The Labute approximate surface area is 150 Å². The van der Waals surface area contributed by atoms with Crippen LogP contribution in [-0.2, 0) is 4.79 Å². The van der Waals surface area contributed by atoms with E-state index in [2.05, 4.69) is 4.74 Å². The maximum absolute atomic E-state index is 12.6. The van der Waals surface area contributed by atoms with Gasteiger partial charge in [-0.15, -0.1) is 0 Å². The van der Waals surface area contributed by atoms with E-state index in [4.69, 9.17) is 0 Å². The number of hydrogen-bond acceptors (Lipinski definition) is 4. The van der Waals surface area contributed by atoms with Crippen molar-refractivity contribution in [2.24, 2.45) is 5.41 Å². The predicted molar refractivity (Wildman–Crippen MR) is 89.3 cm³/mol. The second-order valence-corrected chi connectivity index (χ2v) is 7.17. The maximum Gasteiger partial charge on any atom is 0.387 e. The summed E-state index contributed by atoms with van der Waals surface area (Å²) in [4.78, 5) is 27.5. The fraction of sp³-hybridized carbons (Fsp3) is 0.556. The van der Waals surface area contributed by atoms with Crippen LogP contribution in [0.5, 0.6) is 5.75 Å². The van der Waals surface area contributed by atoms with E-state index in [9.17, 15) is 23.5 Å². The summed E-state index contributed by atoms with van der Waals surface area (Å²) in [5.41, 5.74) is 0.373. The summed E-state index contributed by atoms with van der Waals surface area (Å²) in [6.45, 7) is -1.04. The third-order valence-corrected chi connectivity index (χ3v) is 5.47. The van der Waals surface area contributed by atoms with Gasteiger partial charge in [-0.1, -0.05) is 0 Å². The van der Waals surface area contributed by atoms with Gasteiger partial charge in [0.2, 0.25) is 0 Å². The number of aliphatic carboxylic acids is 1. The van der Waals surface area contributed by atoms with E-state index in [1.807, 2.05) is 11.9 Å². The monoisotopic (exact) mass is 368 g/mol. The van der Waals surface area contributed by atoms with Gasteiger partial charge in [-0.2, -0.15) is 8.78 Å². The number of amides is 1. The Morgan fingerprint density at radius 3 is 2.35 bits per heavy atom. The number of carbonyl (C=O) groups is 2. The minimum atomic E-state index is -2.89. The zero-order valence-corrected chi connectivity index (χ0v) is 14.5. The van der Waals surface area contributed by atoms with Crippen molar-refractivity contribution in [2.45, 2.75) is 31.9 Å². The van der Waals surface area contributed by atoms with Crippen LogP contribution >= 0.6 is 0 Å². The van der Waals surface area contributed by atoms with Crippen molar-refractivity contribution in [2.75, 3.05) is 26.7 Å². The number of halogens is 2. The number of likely N-dealkylation sites (tertiary alicyclic amines) is 2. The number of likely N-dealkylation sites (N-methyl/N-ethyl adjacent to an activating group) is 1. The molecule has 26 heavy (non-hydrogen) atoms. The molecule has 8 heteroatoms. The lowest BCUT2D eigenvalue weighted by atomic mass is 9.76. The van der Waals surface area contributed by atoms with Crippen LogP contribution in [0.4, 0.5) is 8.78 Å². The molecule has 2 saturated heterocycles. The summed E-state index contributed by atoms with van der Waals surface area (Å²) < 4.78 is 28.7. The third-order valence-electron chi connectivity index (χ3n) is 5.47. The van der Waals surface area contributed by atoms with Gasteiger partial charge in [0.05, 0.1) is 0 Å². The normalized spacial score (nSPS) is 22.8. The molecule has 2 fully saturated rings. The molecule has 2 aliphatic heterocycles. The van der Waals surface area contributed by atoms with Crippen LogP contribution in [0.2, 0.25) is 0 Å². The number of carbonyl (C=O) groups excluding carboxylic acids is 1. The molecule has 0 aliphatic carbocycles. The van der Waals surface area contributed by atoms with Crippen LogP contribution in [0.15, 0.2) is 24.3 Å². The molecule has 2 aliphatic rings. The number of benzene rings is 1. The van der Waals surface area contributed by atoms with Crippen molar-refractivity contribution >= 4 is 11.9 Å².